The lowest BCUT2D eigenvalue weighted by molar-refractivity contribution is 0.103. The molecule has 1 aromatic carbocycles. The standard InChI is InChI=1S/C15H14OS/c1-2-10-9-11-5-3-4-6-12(11)14(16)13-7-8-17-15(10)13/h3-8,10H,2,9H2,1H3. The lowest BCUT2D eigenvalue weighted by atomic mass is 9.95. The zero-order chi connectivity index (χ0) is 11.8. The molecule has 3 rings (SSSR count). The van der Waals surface area contributed by atoms with Crippen molar-refractivity contribution in [3.63, 3.8) is 0 Å². The molecule has 1 aliphatic carbocycles. The molecular formula is C15H14OS. The Hall–Kier alpha value is -1.41. The van der Waals surface area contributed by atoms with E-state index < -0.39 is 0 Å². The van der Waals surface area contributed by atoms with Gasteiger partial charge in [-0.2, -0.15) is 0 Å². The van der Waals surface area contributed by atoms with Crippen molar-refractivity contribution in [3.05, 3.63) is 57.3 Å². The van der Waals surface area contributed by atoms with Gasteiger partial charge in [-0.3, -0.25) is 4.79 Å². The van der Waals surface area contributed by atoms with Gasteiger partial charge in [0, 0.05) is 16.0 Å². The fourth-order valence-electron chi connectivity index (χ4n) is 2.58. The highest BCUT2D eigenvalue weighted by Crippen LogP contribution is 2.36. The first-order chi connectivity index (χ1) is 8.31. The third-order valence-corrected chi connectivity index (χ3v) is 4.61. The van der Waals surface area contributed by atoms with Crippen LogP contribution in [0.5, 0.6) is 0 Å². The average Bonchev–Trinajstić information content (AvgIpc) is 2.81. The molecule has 1 aromatic heterocycles. The SMILES string of the molecule is CCC1Cc2ccccc2C(=O)c2ccsc21. The Bertz CT molecular complexity index is 568. The predicted molar refractivity (Wildman–Crippen MR) is 70.9 cm³/mol. The molecule has 0 spiro atoms. The summed E-state index contributed by atoms with van der Waals surface area (Å²) in [5.74, 6) is 0.699. The number of rotatable bonds is 1. The molecule has 1 unspecified atom stereocenters. The van der Waals surface area contributed by atoms with Crippen LogP contribution in [0.2, 0.25) is 0 Å². The van der Waals surface area contributed by atoms with Crippen molar-refractivity contribution in [2.24, 2.45) is 0 Å². The summed E-state index contributed by atoms with van der Waals surface area (Å²) in [4.78, 5) is 13.7. The Morgan fingerprint density at radius 3 is 2.88 bits per heavy atom. The largest absolute Gasteiger partial charge is 0.289 e. The highest BCUT2D eigenvalue weighted by Gasteiger charge is 2.26. The second-order valence-electron chi connectivity index (χ2n) is 4.49. The highest BCUT2D eigenvalue weighted by atomic mass is 32.1. The van der Waals surface area contributed by atoms with Gasteiger partial charge in [0.25, 0.3) is 0 Å². The Kier molecular flexibility index (Phi) is 2.60. The van der Waals surface area contributed by atoms with E-state index in [0.717, 1.165) is 24.0 Å². The van der Waals surface area contributed by atoms with Crippen molar-refractivity contribution in [1.29, 1.82) is 0 Å². The topological polar surface area (TPSA) is 17.1 Å². The summed E-state index contributed by atoms with van der Waals surface area (Å²) in [6, 6.07) is 10.0. The molecule has 2 aromatic rings. The van der Waals surface area contributed by atoms with Crippen molar-refractivity contribution >= 4 is 17.1 Å². The van der Waals surface area contributed by atoms with E-state index in [1.165, 1.54) is 10.4 Å². The van der Waals surface area contributed by atoms with Crippen LogP contribution in [0.4, 0.5) is 0 Å². The highest BCUT2D eigenvalue weighted by molar-refractivity contribution is 7.10. The molecule has 0 radical (unpaired) electrons. The monoisotopic (exact) mass is 242 g/mol. The quantitative estimate of drug-likeness (QED) is 0.738. The first kappa shape index (κ1) is 10.7. The van der Waals surface area contributed by atoms with Crippen LogP contribution in [-0.2, 0) is 6.42 Å². The smallest absolute Gasteiger partial charge is 0.194 e. The minimum atomic E-state index is 0.202. The summed E-state index contributed by atoms with van der Waals surface area (Å²) in [7, 11) is 0. The molecule has 0 amide bonds. The molecule has 2 heteroatoms. The summed E-state index contributed by atoms with van der Waals surface area (Å²) in [6.45, 7) is 2.20. The molecule has 0 saturated heterocycles. The minimum absolute atomic E-state index is 0.202. The van der Waals surface area contributed by atoms with Crippen LogP contribution < -0.4 is 0 Å². The summed E-state index contributed by atoms with van der Waals surface area (Å²) >= 11 is 1.72. The second kappa shape index (κ2) is 4.11. The Morgan fingerprint density at radius 1 is 1.24 bits per heavy atom. The van der Waals surface area contributed by atoms with Crippen LogP contribution in [0.25, 0.3) is 0 Å². The predicted octanol–water partition coefficient (Wildman–Crippen LogP) is 4.03. The minimum Gasteiger partial charge on any atom is -0.289 e. The first-order valence-electron chi connectivity index (χ1n) is 6.01. The molecule has 1 aliphatic rings. The molecular weight excluding hydrogens is 228 g/mol. The molecule has 17 heavy (non-hydrogen) atoms. The van der Waals surface area contributed by atoms with Crippen molar-refractivity contribution in [2.75, 3.05) is 0 Å². The molecule has 0 aliphatic heterocycles. The van der Waals surface area contributed by atoms with E-state index in [-0.39, 0.29) is 5.78 Å². The maximum Gasteiger partial charge on any atom is 0.194 e. The normalized spacial score (nSPS) is 18.4. The maximum atomic E-state index is 12.5. The van der Waals surface area contributed by atoms with Crippen molar-refractivity contribution in [3.8, 4) is 0 Å². The third kappa shape index (κ3) is 1.64. The van der Waals surface area contributed by atoms with Crippen LogP contribution in [0, 0.1) is 0 Å². The zero-order valence-electron chi connectivity index (χ0n) is 9.77. The van der Waals surface area contributed by atoms with Gasteiger partial charge in [-0.05, 0) is 35.8 Å². The molecule has 0 N–H and O–H groups in total. The van der Waals surface area contributed by atoms with E-state index >= 15 is 0 Å². The van der Waals surface area contributed by atoms with Gasteiger partial charge in [-0.25, -0.2) is 0 Å². The molecule has 1 atom stereocenters. The van der Waals surface area contributed by atoms with Crippen molar-refractivity contribution in [2.45, 2.75) is 25.7 Å². The Balaban J connectivity index is 2.22. The fraction of sp³-hybridized carbons (Fsp3) is 0.267. The maximum absolute atomic E-state index is 12.5. The second-order valence-corrected chi connectivity index (χ2v) is 5.44. The lowest BCUT2D eigenvalue weighted by Gasteiger charge is -2.11. The lowest BCUT2D eigenvalue weighted by Crippen LogP contribution is -2.01. The molecule has 0 saturated carbocycles. The van der Waals surface area contributed by atoms with E-state index in [2.05, 4.69) is 13.0 Å². The van der Waals surface area contributed by atoms with E-state index in [0.29, 0.717) is 5.92 Å². The van der Waals surface area contributed by atoms with E-state index in [1.54, 1.807) is 11.3 Å². The summed E-state index contributed by atoms with van der Waals surface area (Å²) in [5, 5.41) is 2.04. The van der Waals surface area contributed by atoms with Crippen LogP contribution >= 0.6 is 11.3 Å². The fourth-order valence-corrected chi connectivity index (χ4v) is 3.66. The Labute approximate surface area is 105 Å². The van der Waals surface area contributed by atoms with Gasteiger partial charge < -0.3 is 0 Å². The number of ketones is 1. The number of hydrogen-bond donors (Lipinski definition) is 0. The summed E-state index contributed by atoms with van der Waals surface area (Å²) in [6.07, 6.45) is 2.08. The van der Waals surface area contributed by atoms with Crippen molar-refractivity contribution < 1.29 is 4.79 Å². The number of carbonyl (C=O) groups excluding carboxylic acids is 1. The van der Waals surface area contributed by atoms with Crippen LogP contribution in [-0.4, -0.2) is 5.78 Å². The third-order valence-electron chi connectivity index (χ3n) is 3.53. The number of thiophene rings is 1. The van der Waals surface area contributed by atoms with E-state index in [9.17, 15) is 4.79 Å². The summed E-state index contributed by atoms with van der Waals surface area (Å²) < 4.78 is 0. The van der Waals surface area contributed by atoms with Gasteiger partial charge in [0.05, 0.1) is 0 Å². The molecule has 0 bridgehead atoms. The zero-order valence-corrected chi connectivity index (χ0v) is 10.6. The van der Waals surface area contributed by atoms with Crippen LogP contribution in [0.1, 0.15) is 45.6 Å². The van der Waals surface area contributed by atoms with Crippen molar-refractivity contribution in [1.82, 2.24) is 0 Å². The number of carbonyl (C=O) groups is 1. The Morgan fingerprint density at radius 2 is 2.06 bits per heavy atom. The van der Waals surface area contributed by atoms with Gasteiger partial charge in [0.2, 0.25) is 0 Å². The number of benzene rings is 1. The van der Waals surface area contributed by atoms with E-state index in [1.807, 2.05) is 29.6 Å². The molecule has 0 fully saturated rings. The van der Waals surface area contributed by atoms with Gasteiger partial charge in [0.15, 0.2) is 5.78 Å². The number of hydrogen-bond acceptors (Lipinski definition) is 2. The molecule has 86 valence electrons. The van der Waals surface area contributed by atoms with Gasteiger partial charge >= 0.3 is 0 Å². The van der Waals surface area contributed by atoms with Crippen LogP contribution in [0.3, 0.4) is 0 Å². The van der Waals surface area contributed by atoms with E-state index in [4.69, 9.17) is 0 Å². The molecule has 1 nitrogen and oxygen atoms in total. The first-order valence-corrected chi connectivity index (χ1v) is 6.89. The molecule has 1 heterocycles. The summed E-state index contributed by atoms with van der Waals surface area (Å²) in [5.41, 5.74) is 3.02. The average molecular weight is 242 g/mol. The van der Waals surface area contributed by atoms with Gasteiger partial charge in [0.1, 0.15) is 0 Å². The van der Waals surface area contributed by atoms with Gasteiger partial charge in [-0.1, -0.05) is 31.2 Å². The number of fused-ring (bicyclic) bond motifs is 2. The van der Waals surface area contributed by atoms with Crippen LogP contribution in [0.15, 0.2) is 35.7 Å². The van der Waals surface area contributed by atoms with Gasteiger partial charge in [-0.15, -0.1) is 11.3 Å².